The quantitative estimate of drug-likeness (QED) is 0.395. The molecule has 11 nitrogen and oxygen atoms in total. The number of hydrogen-bond acceptors (Lipinski definition) is 8. The summed E-state index contributed by atoms with van der Waals surface area (Å²) >= 11 is 0. The van der Waals surface area contributed by atoms with Gasteiger partial charge in [-0.15, -0.1) is 0 Å². The van der Waals surface area contributed by atoms with E-state index >= 15 is 0 Å². The van der Waals surface area contributed by atoms with Crippen LogP contribution in [0.1, 0.15) is 60.5 Å². The minimum atomic E-state index is -1.26. The lowest BCUT2D eigenvalue weighted by Gasteiger charge is -2.31. The lowest BCUT2D eigenvalue weighted by Crippen LogP contribution is -2.37. The van der Waals surface area contributed by atoms with Crippen molar-refractivity contribution in [2.75, 3.05) is 19.6 Å². The van der Waals surface area contributed by atoms with Gasteiger partial charge in [0, 0.05) is 53.9 Å². The monoisotopic (exact) mass is 542 g/mol. The van der Waals surface area contributed by atoms with Crippen molar-refractivity contribution < 1.29 is 33.8 Å². The molecule has 0 amide bonds. The van der Waals surface area contributed by atoms with Gasteiger partial charge >= 0.3 is 11.9 Å². The molecule has 1 saturated heterocycles. The molecule has 208 valence electrons. The number of aliphatic hydroxyl groups is 1. The van der Waals surface area contributed by atoms with Crippen molar-refractivity contribution in [1.82, 2.24) is 19.6 Å². The second-order valence-electron chi connectivity index (χ2n) is 9.73. The number of rotatable bonds is 6. The van der Waals surface area contributed by atoms with Crippen LogP contribution in [0.3, 0.4) is 0 Å². The van der Waals surface area contributed by atoms with Crippen LogP contribution < -0.4 is 5.56 Å². The Balaban J connectivity index is 0.000000386. The number of hydrogen-bond donors (Lipinski definition) is 3. The molecule has 3 N–H and O–H groups in total. The Morgan fingerprint density at radius 3 is 2.49 bits per heavy atom. The number of nitrogens with zero attached hydrogens (tertiary/aromatic N) is 4. The third kappa shape index (κ3) is 6.76. The van der Waals surface area contributed by atoms with Crippen LogP contribution >= 0.6 is 0 Å². The molecule has 0 aliphatic carbocycles. The van der Waals surface area contributed by atoms with E-state index < -0.39 is 18.0 Å². The first-order valence-corrected chi connectivity index (χ1v) is 12.8. The van der Waals surface area contributed by atoms with Crippen LogP contribution in [-0.4, -0.2) is 66.5 Å². The summed E-state index contributed by atoms with van der Waals surface area (Å²) < 4.78 is 20.4. The third-order valence-corrected chi connectivity index (χ3v) is 7.14. The van der Waals surface area contributed by atoms with E-state index in [4.69, 9.17) is 14.7 Å². The predicted octanol–water partition coefficient (Wildman–Crippen LogP) is 2.79. The first-order valence-electron chi connectivity index (χ1n) is 12.8. The number of aliphatic hydroxyl groups excluding tert-OH is 1. The Morgan fingerprint density at radius 2 is 1.82 bits per heavy atom. The van der Waals surface area contributed by atoms with Crippen LogP contribution in [0.2, 0.25) is 0 Å². The molecule has 12 heteroatoms. The van der Waals surface area contributed by atoms with Crippen LogP contribution in [0.25, 0.3) is 11.0 Å². The van der Waals surface area contributed by atoms with E-state index in [1.165, 1.54) is 12.1 Å². The molecule has 0 unspecified atom stereocenters. The largest absolute Gasteiger partial charge is 0.478 e. The lowest BCUT2D eigenvalue weighted by atomic mass is 9.91. The number of fused-ring (bicyclic) bond motifs is 2. The molecule has 0 saturated carbocycles. The molecule has 1 aromatic carbocycles. The van der Waals surface area contributed by atoms with Crippen molar-refractivity contribution in [3.05, 3.63) is 69.3 Å². The summed E-state index contributed by atoms with van der Waals surface area (Å²) in [7, 11) is 0. The summed E-state index contributed by atoms with van der Waals surface area (Å²) in [5.41, 5.74) is 2.90. The first kappa shape index (κ1) is 28.1. The van der Waals surface area contributed by atoms with Gasteiger partial charge in [-0.05, 0) is 64.3 Å². The molecule has 3 aromatic rings. The van der Waals surface area contributed by atoms with Crippen molar-refractivity contribution in [2.24, 2.45) is 0 Å². The topological polar surface area (TPSA) is 159 Å². The first-order chi connectivity index (χ1) is 18.6. The summed E-state index contributed by atoms with van der Waals surface area (Å²) in [4.78, 5) is 39.0. The van der Waals surface area contributed by atoms with Crippen molar-refractivity contribution in [1.29, 1.82) is 0 Å². The normalized spacial score (nSPS) is 18.1. The second-order valence-corrected chi connectivity index (χ2v) is 9.73. The van der Waals surface area contributed by atoms with Gasteiger partial charge in [0.05, 0.1) is 5.69 Å². The van der Waals surface area contributed by atoms with E-state index in [-0.39, 0.29) is 11.4 Å². The van der Waals surface area contributed by atoms with E-state index in [0.717, 1.165) is 61.2 Å². The van der Waals surface area contributed by atoms with Crippen LogP contribution in [0.4, 0.5) is 4.39 Å². The smallest absolute Gasteiger partial charge is 0.328 e. The van der Waals surface area contributed by atoms with Crippen LogP contribution in [0.15, 0.2) is 39.7 Å². The Kier molecular flexibility index (Phi) is 8.87. The molecule has 0 bridgehead atoms. The average molecular weight is 543 g/mol. The van der Waals surface area contributed by atoms with Gasteiger partial charge in [0.1, 0.15) is 17.7 Å². The number of carbonyl (C=O) groups is 2. The van der Waals surface area contributed by atoms with Gasteiger partial charge in [-0.25, -0.2) is 19.0 Å². The lowest BCUT2D eigenvalue weighted by molar-refractivity contribution is -0.134. The van der Waals surface area contributed by atoms with Crippen molar-refractivity contribution >= 4 is 22.9 Å². The third-order valence-electron chi connectivity index (χ3n) is 7.14. The fourth-order valence-corrected chi connectivity index (χ4v) is 5.12. The van der Waals surface area contributed by atoms with Gasteiger partial charge in [0.2, 0.25) is 0 Å². The summed E-state index contributed by atoms with van der Waals surface area (Å²) in [6.45, 7) is 5.13. The molecule has 39 heavy (non-hydrogen) atoms. The van der Waals surface area contributed by atoms with Crippen molar-refractivity contribution in [2.45, 2.75) is 57.6 Å². The number of carboxylic acid groups (broad SMARTS) is 2. The maximum absolute atomic E-state index is 13.4. The Hall–Kier alpha value is -3.90. The summed E-state index contributed by atoms with van der Waals surface area (Å²) in [6.07, 6.45) is 4.50. The van der Waals surface area contributed by atoms with Crippen LogP contribution in [-0.2, 0) is 22.6 Å². The summed E-state index contributed by atoms with van der Waals surface area (Å²) in [6, 6.07) is 4.58. The van der Waals surface area contributed by atoms with E-state index in [1.54, 1.807) is 10.6 Å². The number of carboxylic acids is 2. The number of aromatic nitrogens is 3. The van der Waals surface area contributed by atoms with Crippen LogP contribution in [0, 0.1) is 12.7 Å². The van der Waals surface area contributed by atoms with Crippen LogP contribution in [0.5, 0.6) is 0 Å². The van der Waals surface area contributed by atoms with E-state index in [9.17, 15) is 23.9 Å². The molecule has 1 fully saturated rings. The predicted molar refractivity (Wildman–Crippen MR) is 138 cm³/mol. The minimum absolute atomic E-state index is 0.00237. The highest BCUT2D eigenvalue weighted by molar-refractivity contribution is 5.89. The highest BCUT2D eigenvalue weighted by atomic mass is 19.1. The molecular formula is C27H31FN4O7. The number of aliphatic carboxylic acids is 2. The molecule has 2 aliphatic rings. The average Bonchev–Trinajstić information content (AvgIpc) is 3.32. The van der Waals surface area contributed by atoms with Gasteiger partial charge in [0.15, 0.2) is 5.58 Å². The fraction of sp³-hybridized carbons (Fsp3) is 0.444. The number of piperidine rings is 1. The molecule has 0 spiro atoms. The van der Waals surface area contributed by atoms with Gasteiger partial charge in [0.25, 0.3) is 5.56 Å². The Labute approximate surface area is 223 Å². The zero-order chi connectivity index (χ0) is 28.1. The van der Waals surface area contributed by atoms with Crippen molar-refractivity contribution in [3.63, 3.8) is 0 Å². The van der Waals surface area contributed by atoms with Crippen molar-refractivity contribution in [3.8, 4) is 0 Å². The van der Waals surface area contributed by atoms with Gasteiger partial charge < -0.3 is 24.7 Å². The number of aryl methyl sites for hydroxylation is 1. The Bertz CT molecular complexity index is 1420. The second kappa shape index (κ2) is 12.3. The molecule has 1 atom stereocenters. The Morgan fingerprint density at radius 1 is 1.13 bits per heavy atom. The molecule has 0 radical (unpaired) electrons. The molecule has 4 heterocycles. The number of benzene rings is 1. The number of halogens is 1. The SMILES string of the molecule is Cc1nc2n(c(=O)c1CCN1CCC(c3noc4cc(F)ccc34)CC1)CCC[C@H]2O.O=C(O)/C=C\C(=O)O. The molecule has 2 aliphatic heterocycles. The van der Waals surface area contributed by atoms with Gasteiger partial charge in [-0.3, -0.25) is 9.36 Å². The highest BCUT2D eigenvalue weighted by Crippen LogP contribution is 2.33. The van der Waals surface area contributed by atoms with Gasteiger partial charge in [-0.2, -0.15) is 0 Å². The zero-order valence-corrected chi connectivity index (χ0v) is 21.5. The standard InChI is InChI=1S/C23H27FN4O3.C4H4O4/c1-14-17(23(30)28-9-2-3-19(29)22(28)25-14)8-12-27-10-6-15(7-11-27)21-18-5-4-16(24)13-20(18)31-26-21;5-3(6)1-2-4(7)8/h4-5,13,15,19,29H,2-3,6-12H2,1H3;1-2H,(H,5,6)(H,7,8)/b;2-1-/t19-;/m1./s1. The van der Waals surface area contributed by atoms with E-state index in [0.29, 0.717) is 48.9 Å². The molecule has 2 aromatic heterocycles. The number of likely N-dealkylation sites (tertiary alicyclic amines) is 1. The summed E-state index contributed by atoms with van der Waals surface area (Å²) in [5, 5.41) is 30.9. The van der Waals surface area contributed by atoms with E-state index in [1.807, 2.05) is 6.92 Å². The van der Waals surface area contributed by atoms with E-state index in [2.05, 4.69) is 15.0 Å². The molecule has 5 rings (SSSR count). The maximum Gasteiger partial charge on any atom is 0.328 e. The summed E-state index contributed by atoms with van der Waals surface area (Å²) in [5.74, 6) is -2.03. The van der Waals surface area contributed by atoms with Gasteiger partial charge in [-0.1, -0.05) is 5.16 Å². The minimum Gasteiger partial charge on any atom is -0.478 e. The fourth-order valence-electron chi connectivity index (χ4n) is 5.12. The zero-order valence-electron chi connectivity index (χ0n) is 21.5. The molecular weight excluding hydrogens is 511 g/mol. The highest BCUT2D eigenvalue weighted by Gasteiger charge is 2.27. The maximum atomic E-state index is 13.4.